The number of benzene rings is 4. The number of hydrogen-bond acceptors (Lipinski definition) is 7. The van der Waals surface area contributed by atoms with Crippen LogP contribution >= 0.6 is 0 Å². The van der Waals surface area contributed by atoms with Crippen molar-refractivity contribution in [3.8, 4) is 28.6 Å². The molecule has 0 atom stereocenters. The lowest BCUT2D eigenvalue weighted by Crippen LogP contribution is -2.21. The molecule has 230 valence electrons. The Morgan fingerprint density at radius 2 is 1.69 bits per heavy atom. The standard InChI is InChI=1S/C36H36N4O5/c1-22(2)28-19-29(24(4)18-32(28)44-6)35-39-30-12-8-7-11-27(30)36(42)40(35)37-20-25-10-9-13-31(43-5)34(25)45-21-33(41)38-26-16-14-23(3)15-17-26/h7-20,22H,21H2,1-6H3,(H,38,41). The van der Waals surface area contributed by atoms with E-state index >= 15 is 0 Å². The van der Waals surface area contributed by atoms with Crippen molar-refractivity contribution in [1.82, 2.24) is 9.66 Å². The Morgan fingerprint density at radius 3 is 2.40 bits per heavy atom. The maximum atomic E-state index is 13.9. The van der Waals surface area contributed by atoms with Crippen molar-refractivity contribution in [3.05, 3.63) is 111 Å². The smallest absolute Gasteiger partial charge is 0.282 e. The van der Waals surface area contributed by atoms with Gasteiger partial charge in [-0.15, -0.1) is 0 Å². The first-order valence-electron chi connectivity index (χ1n) is 14.6. The summed E-state index contributed by atoms with van der Waals surface area (Å²) in [6, 6.07) is 23.9. The number of methoxy groups -OCH3 is 2. The predicted octanol–water partition coefficient (Wildman–Crippen LogP) is 6.72. The molecule has 0 saturated carbocycles. The summed E-state index contributed by atoms with van der Waals surface area (Å²) in [5.41, 5.74) is 5.14. The van der Waals surface area contributed by atoms with Crippen LogP contribution in [0.15, 0.2) is 88.8 Å². The molecule has 1 heterocycles. The van der Waals surface area contributed by atoms with Crippen molar-refractivity contribution >= 4 is 28.7 Å². The van der Waals surface area contributed by atoms with Crippen LogP contribution in [0.2, 0.25) is 0 Å². The molecular weight excluding hydrogens is 568 g/mol. The van der Waals surface area contributed by atoms with Gasteiger partial charge in [0.2, 0.25) is 0 Å². The van der Waals surface area contributed by atoms with Crippen LogP contribution in [-0.4, -0.2) is 42.6 Å². The number of carbonyl (C=O) groups is 1. The zero-order valence-corrected chi connectivity index (χ0v) is 26.3. The van der Waals surface area contributed by atoms with E-state index in [0.717, 1.165) is 28.0 Å². The molecule has 0 aliphatic carbocycles. The summed E-state index contributed by atoms with van der Waals surface area (Å²) in [7, 11) is 3.17. The predicted molar refractivity (Wildman–Crippen MR) is 178 cm³/mol. The van der Waals surface area contributed by atoms with Gasteiger partial charge in [-0.1, -0.05) is 49.7 Å². The minimum Gasteiger partial charge on any atom is -0.496 e. The first kappa shape index (κ1) is 31.0. The van der Waals surface area contributed by atoms with Crippen LogP contribution in [0.1, 0.15) is 42.0 Å². The number of ether oxygens (including phenoxy) is 3. The Labute approximate surface area is 262 Å². The Kier molecular flexibility index (Phi) is 9.28. The van der Waals surface area contributed by atoms with Gasteiger partial charge >= 0.3 is 0 Å². The molecule has 0 radical (unpaired) electrons. The molecule has 9 nitrogen and oxygen atoms in total. The molecule has 0 aliphatic rings. The van der Waals surface area contributed by atoms with E-state index in [1.54, 1.807) is 37.4 Å². The van der Waals surface area contributed by atoms with Crippen LogP contribution in [0, 0.1) is 13.8 Å². The molecule has 0 fully saturated rings. The van der Waals surface area contributed by atoms with Gasteiger partial charge in [0.25, 0.3) is 11.5 Å². The monoisotopic (exact) mass is 604 g/mol. The van der Waals surface area contributed by atoms with Crippen LogP contribution < -0.4 is 25.1 Å². The summed E-state index contributed by atoms with van der Waals surface area (Å²) in [4.78, 5) is 31.5. The van der Waals surface area contributed by atoms with Gasteiger partial charge in [-0.25, -0.2) is 4.98 Å². The number of amides is 1. The minimum atomic E-state index is -0.333. The lowest BCUT2D eigenvalue weighted by molar-refractivity contribution is -0.118. The zero-order chi connectivity index (χ0) is 32.1. The Bertz CT molecular complexity index is 1940. The quantitative estimate of drug-likeness (QED) is 0.178. The van der Waals surface area contributed by atoms with Crippen molar-refractivity contribution in [2.24, 2.45) is 5.10 Å². The molecule has 0 unspecified atom stereocenters. The number of rotatable bonds is 10. The third-order valence-electron chi connectivity index (χ3n) is 7.42. The topological polar surface area (TPSA) is 104 Å². The number of hydrogen-bond donors (Lipinski definition) is 1. The van der Waals surface area contributed by atoms with Crippen LogP contribution in [0.3, 0.4) is 0 Å². The highest BCUT2D eigenvalue weighted by molar-refractivity contribution is 5.92. The fourth-order valence-corrected chi connectivity index (χ4v) is 5.01. The van der Waals surface area contributed by atoms with Gasteiger partial charge in [0.1, 0.15) is 5.75 Å². The molecule has 1 amide bonds. The Morgan fingerprint density at radius 1 is 0.956 bits per heavy atom. The summed E-state index contributed by atoms with van der Waals surface area (Å²) < 4.78 is 18.4. The highest BCUT2D eigenvalue weighted by Crippen LogP contribution is 2.34. The van der Waals surface area contributed by atoms with Gasteiger partial charge in [-0.3, -0.25) is 9.59 Å². The highest BCUT2D eigenvalue weighted by atomic mass is 16.5. The maximum Gasteiger partial charge on any atom is 0.282 e. The molecular formula is C36H36N4O5. The first-order valence-corrected chi connectivity index (χ1v) is 14.6. The number of anilines is 1. The number of aromatic nitrogens is 2. The Hall–Kier alpha value is -5.44. The van der Waals surface area contributed by atoms with E-state index in [9.17, 15) is 9.59 Å². The molecule has 1 N–H and O–H groups in total. The zero-order valence-electron chi connectivity index (χ0n) is 26.3. The summed E-state index contributed by atoms with van der Waals surface area (Å²) >= 11 is 0. The van der Waals surface area contributed by atoms with Gasteiger partial charge in [0.15, 0.2) is 23.9 Å². The summed E-state index contributed by atoms with van der Waals surface area (Å²) in [6.07, 6.45) is 1.51. The molecule has 9 heteroatoms. The van der Waals surface area contributed by atoms with E-state index in [1.165, 1.54) is 18.0 Å². The highest BCUT2D eigenvalue weighted by Gasteiger charge is 2.19. The number of aryl methyl sites for hydroxylation is 2. The van der Waals surface area contributed by atoms with E-state index in [0.29, 0.717) is 39.5 Å². The van der Waals surface area contributed by atoms with E-state index in [2.05, 4.69) is 24.3 Å². The van der Waals surface area contributed by atoms with Crippen molar-refractivity contribution < 1.29 is 19.0 Å². The third-order valence-corrected chi connectivity index (χ3v) is 7.42. The van der Waals surface area contributed by atoms with Gasteiger partial charge < -0.3 is 19.5 Å². The Balaban J connectivity index is 1.56. The van der Waals surface area contributed by atoms with E-state index in [1.807, 2.05) is 62.4 Å². The number of para-hydroxylation sites is 2. The fourth-order valence-electron chi connectivity index (χ4n) is 5.01. The molecule has 1 aromatic heterocycles. The number of nitrogens with zero attached hydrogens (tertiary/aromatic N) is 3. The number of carbonyl (C=O) groups excluding carboxylic acids is 1. The molecule has 0 bridgehead atoms. The second kappa shape index (κ2) is 13.5. The summed E-state index contributed by atoms with van der Waals surface area (Å²) in [5.74, 6) is 1.73. The average molecular weight is 605 g/mol. The van der Waals surface area contributed by atoms with Crippen LogP contribution in [0.25, 0.3) is 22.3 Å². The molecule has 0 saturated heterocycles. The summed E-state index contributed by atoms with van der Waals surface area (Å²) in [6.45, 7) is 7.84. The van der Waals surface area contributed by atoms with Gasteiger partial charge in [0, 0.05) is 16.8 Å². The van der Waals surface area contributed by atoms with E-state index in [4.69, 9.17) is 19.2 Å². The molecule has 0 aliphatic heterocycles. The minimum absolute atomic E-state index is 0.170. The molecule has 0 spiro atoms. The first-order chi connectivity index (χ1) is 21.7. The van der Waals surface area contributed by atoms with Gasteiger partial charge in [-0.05, 0) is 79.4 Å². The SMILES string of the molecule is COc1cc(C)c(-c2nc3ccccc3c(=O)n2N=Cc2cccc(OC)c2OCC(=O)Nc2ccc(C)cc2)cc1C(C)C. The largest absolute Gasteiger partial charge is 0.496 e. The van der Waals surface area contributed by atoms with Gasteiger partial charge in [-0.2, -0.15) is 9.78 Å². The van der Waals surface area contributed by atoms with Crippen molar-refractivity contribution in [1.29, 1.82) is 0 Å². The lowest BCUT2D eigenvalue weighted by atomic mass is 9.96. The average Bonchev–Trinajstić information content (AvgIpc) is 3.04. The normalized spacial score (nSPS) is 11.3. The van der Waals surface area contributed by atoms with Crippen LogP contribution in [0.5, 0.6) is 17.2 Å². The maximum absolute atomic E-state index is 13.9. The van der Waals surface area contributed by atoms with Crippen molar-refractivity contribution in [2.75, 3.05) is 26.1 Å². The second-order valence-electron chi connectivity index (χ2n) is 11.0. The molecule has 5 aromatic rings. The third kappa shape index (κ3) is 6.72. The van der Waals surface area contributed by atoms with Crippen molar-refractivity contribution in [2.45, 2.75) is 33.6 Å². The van der Waals surface area contributed by atoms with Gasteiger partial charge in [0.05, 0.1) is 31.3 Å². The second-order valence-corrected chi connectivity index (χ2v) is 11.0. The summed E-state index contributed by atoms with van der Waals surface area (Å²) in [5, 5.41) is 7.91. The molecule has 5 rings (SSSR count). The molecule has 4 aromatic carbocycles. The van der Waals surface area contributed by atoms with E-state index < -0.39 is 0 Å². The fraction of sp³-hybridized carbons (Fsp3) is 0.222. The lowest BCUT2D eigenvalue weighted by Gasteiger charge is -2.17. The number of nitrogens with one attached hydrogen (secondary N) is 1. The number of fused-ring (bicyclic) bond motifs is 1. The van der Waals surface area contributed by atoms with Crippen LogP contribution in [-0.2, 0) is 4.79 Å². The molecule has 45 heavy (non-hydrogen) atoms. The van der Waals surface area contributed by atoms with E-state index in [-0.39, 0.29) is 24.0 Å². The van der Waals surface area contributed by atoms with Crippen LogP contribution in [0.4, 0.5) is 5.69 Å². The van der Waals surface area contributed by atoms with Crippen molar-refractivity contribution in [3.63, 3.8) is 0 Å².